The zero-order valence-electron chi connectivity index (χ0n) is 35.2. The predicted molar refractivity (Wildman–Crippen MR) is 225 cm³/mol. The van der Waals surface area contributed by atoms with Gasteiger partial charge in [-0.15, -0.1) is 0 Å². The number of methoxy groups -OCH3 is 3. The number of alkyl carbamates (subject to hydrolysis) is 2. The molecule has 4 aliphatic rings. The number of H-pyrrole nitrogens is 2. The molecule has 0 unspecified atom stereocenters. The van der Waals surface area contributed by atoms with Gasteiger partial charge >= 0.3 is 12.2 Å². The van der Waals surface area contributed by atoms with Gasteiger partial charge in [0.2, 0.25) is 11.8 Å². The number of amides is 4. The van der Waals surface area contributed by atoms with Crippen molar-refractivity contribution in [3.8, 4) is 28.1 Å². The van der Waals surface area contributed by atoms with Gasteiger partial charge in [-0.3, -0.25) is 9.59 Å². The van der Waals surface area contributed by atoms with Crippen LogP contribution in [0, 0.1) is 17.8 Å². The number of imidazole rings is 2. The van der Waals surface area contributed by atoms with Crippen LogP contribution >= 0.6 is 0 Å². The summed E-state index contributed by atoms with van der Waals surface area (Å²) in [6, 6.07) is 12.8. The molecule has 7 atom stereocenters. The summed E-state index contributed by atoms with van der Waals surface area (Å²) in [7, 11) is 4.24. The van der Waals surface area contributed by atoms with Crippen LogP contribution in [-0.2, 0) is 30.4 Å². The molecule has 16 nitrogen and oxygen atoms in total. The minimum absolute atomic E-state index is 0.00302. The van der Waals surface area contributed by atoms with E-state index >= 15 is 0 Å². The monoisotopic (exact) mass is 832 g/mol. The molecule has 0 aliphatic carbocycles. The summed E-state index contributed by atoms with van der Waals surface area (Å²) in [4.78, 5) is 72.6. The molecule has 61 heavy (non-hydrogen) atoms. The van der Waals surface area contributed by atoms with Crippen molar-refractivity contribution in [3.05, 3.63) is 65.9 Å². The first kappa shape index (κ1) is 40.3. The van der Waals surface area contributed by atoms with Gasteiger partial charge in [0.1, 0.15) is 36.1 Å². The van der Waals surface area contributed by atoms with Crippen molar-refractivity contribution < 1.29 is 38.1 Å². The van der Waals surface area contributed by atoms with Gasteiger partial charge in [-0.2, -0.15) is 0 Å². The number of fused-ring (bicyclic) bond motifs is 7. The number of nitrogens with one attached hydrogen (secondary N) is 4. The normalized spacial score (nSPS) is 23.7. The number of hydrogen-bond acceptors (Lipinski definition) is 10. The molecule has 3 saturated heterocycles. The van der Waals surface area contributed by atoms with Crippen molar-refractivity contribution >= 4 is 45.8 Å². The van der Waals surface area contributed by atoms with E-state index < -0.39 is 24.3 Å². The summed E-state index contributed by atoms with van der Waals surface area (Å²) in [6.07, 6.45) is 3.66. The third-order valence-electron chi connectivity index (χ3n) is 13.1. The smallest absolute Gasteiger partial charge is 0.407 e. The van der Waals surface area contributed by atoms with E-state index in [-0.39, 0.29) is 47.7 Å². The van der Waals surface area contributed by atoms with Gasteiger partial charge in [-0.1, -0.05) is 39.0 Å². The zero-order chi connectivity index (χ0) is 42.7. The molecule has 4 amide bonds. The molecule has 4 N–H and O–H groups in total. The van der Waals surface area contributed by atoms with Crippen molar-refractivity contribution in [2.24, 2.45) is 17.8 Å². The number of carbonyl (C=O) groups excluding carboxylic acids is 4. The molecule has 3 fully saturated rings. The van der Waals surface area contributed by atoms with Crippen LogP contribution in [-0.4, -0.2) is 106 Å². The second-order valence-corrected chi connectivity index (χ2v) is 17.2. The molecule has 0 radical (unpaired) electrons. The molecule has 6 heterocycles. The Morgan fingerprint density at radius 3 is 2.54 bits per heavy atom. The van der Waals surface area contributed by atoms with Crippen LogP contribution in [0.3, 0.4) is 0 Å². The average Bonchev–Trinajstić information content (AvgIpc) is 4.09. The zero-order valence-corrected chi connectivity index (χ0v) is 35.2. The molecule has 4 aliphatic heterocycles. The van der Waals surface area contributed by atoms with E-state index in [0.29, 0.717) is 32.0 Å². The fourth-order valence-corrected chi connectivity index (χ4v) is 10.0. The van der Waals surface area contributed by atoms with E-state index in [1.165, 1.54) is 14.2 Å². The summed E-state index contributed by atoms with van der Waals surface area (Å²) in [5.41, 5.74) is 6.56. The van der Waals surface area contributed by atoms with Gasteiger partial charge < -0.3 is 49.3 Å². The lowest BCUT2D eigenvalue weighted by atomic mass is 9.88. The maximum atomic E-state index is 14.0. The molecule has 5 aromatic rings. The highest BCUT2D eigenvalue weighted by atomic mass is 16.5. The second kappa shape index (κ2) is 16.0. The lowest BCUT2D eigenvalue weighted by Gasteiger charge is -2.41. The number of aromatic nitrogens is 4. The number of nitrogens with zero attached hydrogens (tertiary/aromatic N) is 4. The Bertz CT molecular complexity index is 2530. The van der Waals surface area contributed by atoms with Gasteiger partial charge in [0, 0.05) is 36.6 Å². The summed E-state index contributed by atoms with van der Waals surface area (Å²) in [6.45, 7) is 7.14. The third kappa shape index (κ3) is 7.19. The first-order valence-corrected chi connectivity index (χ1v) is 21.0. The molecule has 0 bridgehead atoms. The van der Waals surface area contributed by atoms with E-state index in [2.05, 4.69) is 57.0 Å². The van der Waals surface area contributed by atoms with E-state index in [0.717, 1.165) is 80.6 Å². The molecular formula is C45H52N8O8. The molecule has 2 aromatic heterocycles. The molecule has 3 aromatic carbocycles. The number of likely N-dealkylation sites (tertiary alicyclic amines) is 1. The fraction of sp³-hybridized carbons (Fsp3) is 0.467. The van der Waals surface area contributed by atoms with Gasteiger partial charge in [-0.05, 0) is 83.9 Å². The highest BCUT2D eigenvalue weighted by Crippen LogP contribution is 2.45. The van der Waals surface area contributed by atoms with Gasteiger partial charge in [0.25, 0.3) is 0 Å². The summed E-state index contributed by atoms with van der Waals surface area (Å²) < 4.78 is 21.5. The number of aromatic amines is 2. The van der Waals surface area contributed by atoms with E-state index in [1.54, 1.807) is 18.2 Å². The Labute approximate surface area is 353 Å². The quantitative estimate of drug-likeness (QED) is 0.130. The number of carbonyl (C=O) groups is 4. The largest absolute Gasteiger partial charge is 0.488 e. The van der Waals surface area contributed by atoms with Crippen LogP contribution in [0.2, 0.25) is 0 Å². The van der Waals surface area contributed by atoms with Crippen molar-refractivity contribution in [2.75, 3.05) is 34.5 Å². The molecular weight excluding hydrogens is 781 g/mol. The SMILES string of the molecule is COC[C@H]1C[C@@H](c2ncc(-c3ccc4c(c3)COc3cc5c(ccc6nc([C@@H]7CC[C@@H]8C[C@H](C)[C@H](NC(=O)OC)C(=O)N87)[nH]c65)cc3-4)[nH]2)N(C(=O)[C@@H](NC(=O)OC)C(C)C)C1. The lowest BCUT2D eigenvalue weighted by molar-refractivity contribution is -0.142. The number of hydrogen-bond donors (Lipinski definition) is 4. The Morgan fingerprint density at radius 2 is 1.77 bits per heavy atom. The Kier molecular flexibility index (Phi) is 10.6. The second-order valence-electron chi connectivity index (χ2n) is 17.2. The minimum Gasteiger partial charge on any atom is -0.488 e. The van der Waals surface area contributed by atoms with E-state index in [1.807, 2.05) is 31.7 Å². The first-order chi connectivity index (χ1) is 29.5. The van der Waals surface area contributed by atoms with Crippen molar-refractivity contribution in [1.29, 1.82) is 0 Å². The fourth-order valence-electron chi connectivity index (χ4n) is 10.0. The minimum atomic E-state index is -0.752. The average molecular weight is 833 g/mol. The molecule has 9 rings (SSSR count). The number of ether oxygens (including phenoxy) is 4. The Morgan fingerprint density at radius 1 is 0.951 bits per heavy atom. The van der Waals surface area contributed by atoms with Crippen LogP contribution in [0.25, 0.3) is 44.2 Å². The summed E-state index contributed by atoms with van der Waals surface area (Å²) >= 11 is 0. The molecule has 320 valence electrons. The van der Waals surface area contributed by atoms with Gasteiger partial charge in [0.15, 0.2) is 0 Å². The van der Waals surface area contributed by atoms with E-state index in [4.69, 9.17) is 28.9 Å². The molecule has 16 heteroatoms. The van der Waals surface area contributed by atoms with Gasteiger partial charge in [-0.25, -0.2) is 19.6 Å². The predicted octanol–water partition coefficient (Wildman–Crippen LogP) is 6.38. The highest BCUT2D eigenvalue weighted by molar-refractivity contribution is 6.07. The van der Waals surface area contributed by atoms with Crippen LogP contribution in [0.5, 0.6) is 5.75 Å². The highest BCUT2D eigenvalue weighted by Gasteiger charge is 2.48. The summed E-state index contributed by atoms with van der Waals surface area (Å²) in [5.74, 6) is 1.84. The first-order valence-electron chi connectivity index (χ1n) is 21.0. The topological polar surface area (TPSA) is 193 Å². The van der Waals surface area contributed by atoms with Crippen molar-refractivity contribution in [1.82, 2.24) is 40.4 Å². The lowest BCUT2D eigenvalue weighted by Crippen LogP contribution is -2.58. The Balaban J connectivity index is 0.968. The molecule has 0 saturated carbocycles. The standard InChI is InChI=1S/C45H52N8O8/c1-22(2)37(50-44(56)59-5)42(54)52-19-24(20-58-4)14-35(52)40-46-18-33(48-40)26-7-10-29-27(15-26)21-61-36-17-30-25(16-31(29)36)8-11-32-39(30)49-41(47-32)34-12-9-28-13-23(3)38(43(55)53(28)34)51-45(57)60-6/h7-8,10-11,15-18,22-24,28,34-35,37-38H,9,12-14,19-21H2,1-6H3,(H,46,48)(H,47,49)(H,50,56)(H,51,57)/t23-,24-,28+,34-,35-,37-,38-/m0/s1. The van der Waals surface area contributed by atoms with Crippen LogP contribution < -0.4 is 15.4 Å². The maximum absolute atomic E-state index is 14.0. The van der Waals surface area contributed by atoms with Crippen molar-refractivity contribution in [3.63, 3.8) is 0 Å². The van der Waals surface area contributed by atoms with Crippen LogP contribution in [0.15, 0.2) is 48.7 Å². The molecule has 0 spiro atoms. The van der Waals surface area contributed by atoms with Crippen LogP contribution in [0.4, 0.5) is 9.59 Å². The third-order valence-corrected chi connectivity index (χ3v) is 13.1. The summed E-state index contributed by atoms with van der Waals surface area (Å²) in [5, 5.41) is 7.48. The van der Waals surface area contributed by atoms with E-state index in [9.17, 15) is 19.2 Å². The van der Waals surface area contributed by atoms with Crippen molar-refractivity contribution in [2.45, 2.75) is 83.3 Å². The van der Waals surface area contributed by atoms with Crippen LogP contribution in [0.1, 0.15) is 75.8 Å². The number of piperidine rings is 1. The number of rotatable bonds is 9. The maximum Gasteiger partial charge on any atom is 0.407 e. The number of benzene rings is 3. The van der Waals surface area contributed by atoms with Gasteiger partial charge in [0.05, 0.1) is 55.8 Å². The Hall–Kier alpha value is -6.16.